The van der Waals surface area contributed by atoms with E-state index in [4.69, 9.17) is 0 Å². The molecular weight excluding hydrogens is 1420 g/mol. The summed E-state index contributed by atoms with van der Waals surface area (Å²) in [4.78, 5) is 0. The smallest absolute Gasteiger partial charge is 0.0652 e. The fourth-order valence-corrected chi connectivity index (χ4v) is 22.2. The van der Waals surface area contributed by atoms with Gasteiger partial charge in [0, 0.05) is 0 Å². The second-order valence-electron chi connectivity index (χ2n) is 33.7. The van der Waals surface area contributed by atoms with Crippen molar-refractivity contribution in [3.63, 3.8) is 0 Å². The van der Waals surface area contributed by atoms with E-state index < -0.39 is 8.07 Å². The normalized spacial score (nSPS) is 12.0. The molecule has 21 aromatic rings. The highest BCUT2D eigenvalue weighted by Gasteiger charge is 2.31. The van der Waals surface area contributed by atoms with Crippen LogP contribution in [0.2, 0.25) is 13.1 Å². The third-order valence-corrected chi connectivity index (χ3v) is 28.6. The van der Waals surface area contributed by atoms with Crippen molar-refractivity contribution in [1.82, 2.24) is 0 Å². The quantitative estimate of drug-likeness (QED) is 0.0709. The minimum absolute atomic E-state index is 0.334. The molecule has 21 aromatic carbocycles. The van der Waals surface area contributed by atoms with Crippen LogP contribution in [0.5, 0.6) is 0 Å². The first-order valence-corrected chi connectivity index (χ1v) is 44.5. The molecule has 0 amide bonds. The van der Waals surface area contributed by atoms with Crippen molar-refractivity contribution in [1.29, 1.82) is 0 Å². The summed E-state index contributed by atoms with van der Waals surface area (Å²) in [7, 11) is -2.39. The number of hydrogen-bond donors (Lipinski definition) is 0. The predicted octanol–water partition coefficient (Wildman–Crippen LogP) is 31.6. The van der Waals surface area contributed by atoms with Crippen molar-refractivity contribution in [3.8, 4) is 100 Å². The summed E-state index contributed by atoms with van der Waals surface area (Å²) in [6.45, 7) is 12.4. The van der Waals surface area contributed by atoms with E-state index in [1.54, 1.807) is 0 Å². The lowest BCUT2D eigenvalue weighted by Crippen LogP contribution is -2.44. The largest absolute Gasteiger partial charge is 0.0849 e. The van der Waals surface area contributed by atoms with E-state index in [0.717, 1.165) is 12.5 Å². The van der Waals surface area contributed by atoms with Crippen LogP contribution in [0.15, 0.2) is 406 Å². The van der Waals surface area contributed by atoms with Crippen molar-refractivity contribution < 1.29 is 0 Å². The van der Waals surface area contributed by atoms with Crippen molar-refractivity contribution in [3.05, 3.63) is 429 Å². The van der Waals surface area contributed by atoms with Gasteiger partial charge in [0.25, 0.3) is 0 Å². The zero-order valence-electron chi connectivity index (χ0n) is 66.6. The molecular formula is C116H86Si. The number of aryl methyl sites for hydroxylation is 1. The van der Waals surface area contributed by atoms with Crippen LogP contribution in [0.25, 0.3) is 197 Å². The van der Waals surface area contributed by atoms with Gasteiger partial charge in [-0.3, -0.25) is 0 Å². The Morgan fingerprint density at radius 1 is 0.214 bits per heavy atom. The Morgan fingerprint density at radius 3 is 0.957 bits per heavy atom. The van der Waals surface area contributed by atoms with Crippen molar-refractivity contribution in [2.75, 3.05) is 0 Å². The molecule has 1 heteroatoms. The van der Waals surface area contributed by atoms with Crippen molar-refractivity contribution >= 4 is 110 Å². The molecule has 0 aliphatic carbocycles. The van der Waals surface area contributed by atoms with Gasteiger partial charge in [-0.2, -0.15) is 0 Å². The van der Waals surface area contributed by atoms with Gasteiger partial charge >= 0.3 is 0 Å². The molecule has 0 nitrogen and oxygen atoms in total. The first-order valence-electron chi connectivity index (χ1n) is 41.3. The van der Waals surface area contributed by atoms with Crippen LogP contribution in [-0.4, -0.2) is 8.07 Å². The molecule has 0 bridgehead atoms. The van der Waals surface area contributed by atoms with E-state index in [1.807, 2.05) is 0 Å². The first-order chi connectivity index (χ1) is 57.4. The third kappa shape index (κ3) is 12.6. The summed E-state index contributed by atoms with van der Waals surface area (Å²) < 4.78 is 0. The molecule has 0 saturated carbocycles. The summed E-state index contributed by atoms with van der Waals surface area (Å²) in [5.41, 5.74) is 27.1. The Morgan fingerprint density at radius 2 is 0.513 bits per heavy atom. The fourth-order valence-electron chi connectivity index (χ4n) is 19.6. The van der Waals surface area contributed by atoms with Gasteiger partial charge < -0.3 is 0 Å². The van der Waals surface area contributed by atoms with E-state index in [1.165, 1.54) is 225 Å². The van der Waals surface area contributed by atoms with Crippen LogP contribution < -0.4 is 5.19 Å². The van der Waals surface area contributed by atoms with Gasteiger partial charge in [-0.1, -0.05) is 438 Å². The molecule has 0 fully saturated rings. The number of hydrogen-bond acceptors (Lipinski definition) is 0. The molecule has 0 heterocycles. The monoisotopic (exact) mass is 1510 g/mol. The molecule has 0 unspecified atom stereocenters. The highest BCUT2D eigenvalue weighted by atomic mass is 28.3. The Hall–Kier alpha value is -13.8. The molecule has 554 valence electrons. The van der Waals surface area contributed by atoms with Crippen LogP contribution in [0.3, 0.4) is 0 Å². The van der Waals surface area contributed by atoms with Gasteiger partial charge in [-0.25, -0.2) is 0 Å². The molecule has 0 aliphatic rings. The van der Waals surface area contributed by atoms with E-state index in [0.29, 0.717) is 0 Å². The van der Waals surface area contributed by atoms with Crippen molar-refractivity contribution in [2.45, 2.75) is 51.7 Å². The molecule has 0 aliphatic heterocycles. The molecule has 0 aromatic heterocycles. The average Bonchev–Trinajstić information content (AvgIpc) is 0.723. The van der Waals surface area contributed by atoms with Gasteiger partial charge in [-0.15, -0.1) is 0 Å². The van der Waals surface area contributed by atoms with Crippen LogP contribution in [0.4, 0.5) is 0 Å². The van der Waals surface area contributed by atoms with Gasteiger partial charge in [0.15, 0.2) is 0 Å². The zero-order valence-corrected chi connectivity index (χ0v) is 67.6. The molecule has 0 radical (unpaired) electrons. The highest BCUT2D eigenvalue weighted by molar-refractivity contribution is 6.89. The number of benzene rings is 21. The number of fused-ring (bicyclic) bond motifs is 9. The summed E-state index contributed by atoms with van der Waals surface area (Å²) in [6.07, 6.45) is 0.808. The van der Waals surface area contributed by atoms with Gasteiger partial charge in [0.1, 0.15) is 0 Å². The first kappa shape index (κ1) is 71.0. The summed E-state index contributed by atoms with van der Waals surface area (Å²) >= 11 is 0. The maximum Gasteiger partial charge on any atom is 0.0849 e. The minimum atomic E-state index is -2.39. The van der Waals surface area contributed by atoms with Crippen LogP contribution in [0.1, 0.15) is 36.1 Å². The van der Waals surface area contributed by atoms with Gasteiger partial charge in [0.05, 0.1) is 8.07 Å². The molecule has 0 saturated heterocycles. The van der Waals surface area contributed by atoms with E-state index in [9.17, 15) is 0 Å². The summed E-state index contributed by atoms with van der Waals surface area (Å²) in [5, 5.41) is 24.1. The molecule has 117 heavy (non-hydrogen) atoms. The highest BCUT2D eigenvalue weighted by Crippen LogP contribution is 2.52. The fraction of sp³-hybridized carbons (Fsp3) is 0.0690. The summed E-state index contributed by atoms with van der Waals surface area (Å²) in [5.74, 6) is 0. The zero-order chi connectivity index (χ0) is 78.5. The lowest BCUT2D eigenvalue weighted by Gasteiger charge is -2.28. The standard InChI is InChI=1S/C116H86Si/c1-75-46-63-100-105(68-75)111(88-57-51-82(52-58-88)79-28-11-7-12-29-79)106-69-76(47-64-101(106)114(100)96-44-24-36-85-33-16-19-39-93(85)96)73-116(2,3)90-61-66-103-108(71-90)112(89-59-53-83(54-60-89)80-30-13-8-14-31-80)107-70-77(48-65-102(107)115(103)97-45-25-37-86-34-17-20-40-94(86)97)74-117(4,5)91-62-67-104-109(72-91)110(87-55-49-81(50-56-87)78-26-9-6-10-27-78)98-41-21-22-42-99(98)113(104)95-43-23-35-84-32-15-18-38-92(84)95/h6-72H,73-74H2,1-5H3. The van der Waals surface area contributed by atoms with E-state index in [2.05, 4.69) is 440 Å². The van der Waals surface area contributed by atoms with Gasteiger partial charge in [-0.05, 0) is 245 Å². The summed E-state index contributed by atoms with van der Waals surface area (Å²) in [6, 6.07) is 155. The molecule has 0 spiro atoms. The topological polar surface area (TPSA) is 0 Å². The van der Waals surface area contributed by atoms with Crippen LogP contribution in [-0.2, 0) is 17.9 Å². The maximum absolute atomic E-state index is 2.62. The lowest BCUT2D eigenvalue weighted by molar-refractivity contribution is 0.523. The Balaban J connectivity index is 0.748. The van der Waals surface area contributed by atoms with Crippen LogP contribution in [0, 0.1) is 6.92 Å². The Kier molecular flexibility index (Phi) is 17.5. The van der Waals surface area contributed by atoms with Crippen molar-refractivity contribution in [2.24, 2.45) is 0 Å². The Labute approximate surface area is 685 Å². The predicted molar refractivity (Wildman–Crippen MR) is 508 cm³/mol. The second-order valence-corrected chi connectivity index (χ2v) is 38.4. The average molecular weight is 1510 g/mol. The minimum Gasteiger partial charge on any atom is -0.0652 e. The van der Waals surface area contributed by atoms with Crippen LogP contribution >= 0.6 is 0 Å². The lowest BCUT2D eigenvalue weighted by atomic mass is 9.76. The molecule has 0 N–H and O–H groups in total. The number of rotatable bonds is 15. The SMILES string of the molecule is Cc1ccc2c(-c3cccc4ccccc34)c3ccc(CC(C)(C)c4ccc5c(-c6cccc7ccccc67)c6ccc(C[Si](C)(C)c7ccc8c(-c9cccc%10ccccc9%10)c9ccccc9c(-c9ccc(-c%10ccccc%10)cc9)c8c7)cc6c(-c6ccc(-c7ccccc7)cc6)c5c4)cc3c(-c3ccc(-c4ccccc4)cc3)c2c1. The third-order valence-electron chi connectivity index (χ3n) is 25.4. The van der Waals surface area contributed by atoms with E-state index in [-0.39, 0.29) is 5.41 Å². The van der Waals surface area contributed by atoms with E-state index >= 15 is 0 Å². The Bertz CT molecular complexity index is 7480. The maximum atomic E-state index is 2.62. The van der Waals surface area contributed by atoms with Gasteiger partial charge in [0.2, 0.25) is 0 Å². The second kappa shape index (κ2) is 28.9. The molecule has 21 rings (SSSR count). The molecule has 0 atom stereocenters.